The molecule has 1 aliphatic heterocycles. The lowest BCUT2D eigenvalue weighted by molar-refractivity contribution is -0.139. The van der Waals surface area contributed by atoms with Crippen LogP contribution in [0, 0.1) is 11.3 Å². The second-order valence-electron chi connectivity index (χ2n) is 8.42. The first-order valence-corrected chi connectivity index (χ1v) is 9.28. The minimum Gasteiger partial charge on any atom is -0.334 e. The van der Waals surface area contributed by atoms with Crippen LogP contribution in [0.25, 0.3) is 0 Å². The molecular formula is C20H31N3O3. The maximum absolute atomic E-state index is 13.0. The maximum atomic E-state index is 13.0. The number of hydrogen-bond donors (Lipinski definition) is 1. The van der Waals surface area contributed by atoms with Crippen LogP contribution in [0.3, 0.4) is 0 Å². The molecule has 0 radical (unpaired) electrons. The van der Waals surface area contributed by atoms with Crippen LogP contribution in [-0.2, 0) is 9.59 Å². The molecule has 1 saturated carbocycles. The highest BCUT2D eigenvalue weighted by atomic mass is 16.2. The zero-order valence-corrected chi connectivity index (χ0v) is 16.2. The van der Waals surface area contributed by atoms with Crippen molar-refractivity contribution in [3.63, 3.8) is 0 Å². The molecule has 2 rings (SSSR count). The summed E-state index contributed by atoms with van der Waals surface area (Å²) >= 11 is 0. The fourth-order valence-electron chi connectivity index (χ4n) is 3.96. The second-order valence-corrected chi connectivity index (χ2v) is 8.42. The topological polar surface area (TPSA) is 69.7 Å². The van der Waals surface area contributed by atoms with Gasteiger partial charge in [0, 0.05) is 13.1 Å². The molecule has 6 heteroatoms. The van der Waals surface area contributed by atoms with E-state index >= 15 is 0 Å². The summed E-state index contributed by atoms with van der Waals surface area (Å²) in [6, 6.07) is -0.463. The van der Waals surface area contributed by atoms with Crippen molar-refractivity contribution in [1.82, 2.24) is 15.1 Å². The molecule has 1 aliphatic carbocycles. The van der Waals surface area contributed by atoms with Crippen LogP contribution in [0.1, 0.15) is 46.5 Å². The second kappa shape index (κ2) is 7.64. The molecule has 0 atom stereocenters. The molecule has 2 aliphatic rings. The Morgan fingerprint density at radius 1 is 1.23 bits per heavy atom. The molecule has 0 bridgehead atoms. The van der Waals surface area contributed by atoms with E-state index in [4.69, 9.17) is 0 Å². The van der Waals surface area contributed by atoms with E-state index in [1.165, 1.54) is 4.90 Å². The van der Waals surface area contributed by atoms with E-state index in [9.17, 15) is 14.4 Å². The van der Waals surface area contributed by atoms with Gasteiger partial charge in [-0.15, -0.1) is 13.2 Å². The van der Waals surface area contributed by atoms with Gasteiger partial charge in [-0.25, -0.2) is 4.79 Å². The highest BCUT2D eigenvalue weighted by Crippen LogP contribution is 2.43. The highest BCUT2D eigenvalue weighted by Gasteiger charge is 2.53. The zero-order chi connectivity index (χ0) is 19.5. The number of rotatable bonds is 6. The van der Waals surface area contributed by atoms with E-state index in [1.807, 2.05) is 0 Å². The largest absolute Gasteiger partial charge is 0.334 e. The van der Waals surface area contributed by atoms with E-state index in [0.29, 0.717) is 31.8 Å². The number of nitrogens with one attached hydrogen (secondary N) is 1. The fraction of sp³-hybridized carbons (Fsp3) is 0.650. The van der Waals surface area contributed by atoms with Crippen LogP contribution in [0.5, 0.6) is 0 Å². The summed E-state index contributed by atoms with van der Waals surface area (Å²) in [5.74, 6) is -0.0155. The van der Waals surface area contributed by atoms with Crippen molar-refractivity contribution in [3.05, 3.63) is 25.3 Å². The average Bonchev–Trinajstić information content (AvgIpc) is 2.78. The third-order valence-electron chi connectivity index (χ3n) is 5.65. The van der Waals surface area contributed by atoms with E-state index in [0.717, 1.165) is 17.7 Å². The summed E-state index contributed by atoms with van der Waals surface area (Å²) in [6.45, 7) is 14.4. The molecule has 144 valence electrons. The van der Waals surface area contributed by atoms with Gasteiger partial charge in [0.2, 0.25) is 5.91 Å². The van der Waals surface area contributed by atoms with Crippen LogP contribution in [0.4, 0.5) is 4.79 Å². The molecule has 0 aromatic heterocycles. The van der Waals surface area contributed by atoms with Crippen LogP contribution in [0.2, 0.25) is 0 Å². The Morgan fingerprint density at radius 3 is 2.23 bits per heavy atom. The van der Waals surface area contributed by atoms with Gasteiger partial charge >= 0.3 is 6.03 Å². The zero-order valence-electron chi connectivity index (χ0n) is 16.2. The van der Waals surface area contributed by atoms with Crippen molar-refractivity contribution < 1.29 is 14.4 Å². The van der Waals surface area contributed by atoms with Gasteiger partial charge in [-0.05, 0) is 37.0 Å². The Labute approximate surface area is 156 Å². The first-order valence-electron chi connectivity index (χ1n) is 9.28. The number of carbonyl (C=O) groups is 3. The Hall–Kier alpha value is -2.11. The first-order chi connectivity index (χ1) is 12.1. The molecule has 4 amide bonds. The van der Waals surface area contributed by atoms with E-state index < -0.39 is 11.6 Å². The van der Waals surface area contributed by atoms with Crippen LogP contribution < -0.4 is 5.32 Å². The van der Waals surface area contributed by atoms with Gasteiger partial charge in [0.05, 0.1) is 0 Å². The van der Waals surface area contributed by atoms with Crippen LogP contribution >= 0.6 is 0 Å². The quantitative estimate of drug-likeness (QED) is 0.584. The molecule has 0 aromatic rings. The van der Waals surface area contributed by atoms with Crippen molar-refractivity contribution in [2.45, 2.75) is 52.0 Å². The van der Waals surface area contributed by atoms with Crippen molar-refractivity contribution >= 4 is 17.8 Å². The normalized spacial score (nSPS) is 26.0. The minimum absolute atomic E-state index is 0.193. The molecule has 6 nitrogen and oxygen atoms in total. The summed E-state index contributed by atoms with van der Waals surface area (Å²) in [7, 11) is 0. The summed E-state index contributed by atoms with van der Waals surface area (Å²) in [6.07, 6.45) is 6.29. The Bertz CT molecular complexity index is 588. The van der Waals surface area contributed by atoms with Crippen molar-refractivity contribution in [1.29, 1.82) is 0 Å². The highest BCUT2D eigenvalue weighted by molar-refractivity contribution is 6.09. The minimum atomic E-state index is -0.833. The van der Waals surface area contributed by atoms with Crippen molar-refractivity contribution in [2.24, 2.45) is 11.3 Å². The molecular weight excluding hydrogens is 330 g/mol. The Balaban J connectivity index is 2.06. The van der Waals surface area contributed by atoms with Gasteiger partial charge in [-0.1, -0.05) is 32.9 Å². The predicted molar refractivity (Wildman–Crippen MR) is 101 cm³/mol. The summed E-state index contributed by atoms with van der Waals surface area (Å²) in [5.41, 5.74) is -0.639. The van der Waals surface area contributed by atoms with Gasteiger partial charge in [0.1, 0.15) is 12.1 Å². The first kappa shape index (κ1) is 20.2. The van der Waals surface area contributed by atoms with E-state index in [1.54, 1.807) is 12.2 Å². The fourth-order valence-corrected chi connectivity index (χ4v) is 3.96. The summed E-state index contributed by atoms with van der Waals surface area (Å²) in [5, 5.41) is 2.88. The molecule has 0 aromatic carbocycles. The number of amides is 4. The maximum Gasteiger partial charge on any atom is 0.325 e. The molecule has 0 unspecified atom stereocenters. The number of urea groups is 1. The standard InChI is InChI=1S/C20H31N3O3/c1-6-12-22(13-7-2)16(24)14-23-17(25)20(21-18(23)26)10-8-15(9-11-20)19(3,4)5/h6-7,15H,1-2,8-14H2,3-5H3,(H,21,26). The SMILES string of the molecule is C=CCN(CC=C)C(=O)CN1C(=O)NC2(CCC(C(C)(C)C)CC2)C1=O. The predicted octanol–water partition coefficient (Wildman–Crippen LogP) is 2.71. The number of carbonyl (C=O) groups excluding carboxylic acids is 3. The van der Waals surface area contributed by atoms with Crippen molar-refractivity contribution in [2.75, 3.05) is 19.6 Å². The lowest BCUT2D eigenvalue weighted by Gasteiger charge is -2.40. The molecule has 1 saturated heterocycles. The molecule has 26 heavy (non-hydrogen) atoms. The Kier molecular flexibility index (Phi) is 5.94. The smallest absolute Gasteiger partial charge is 0.325 e. The van der Waals surface area contributed by atoms with Crippen molar-refractivity contribution in [3.8, 4) is 0 Å². The monoisotopic (exact) mass is 361 g/mol. The summed E-state index contributed by atoms with van der Waals surface area (Å²) in [4.78, 5) is 40.4. The molecule has 1 heterocycles. The molecule has 1 N–H and O–H groups in total. The van der Waals surface area contributed by atoms with Crippen LogP contribution in [-0.4, -0.2) is 52.8 Å². The number of hydrogen-bond acceptors (Lipinski definition) is 3. The summed E-state index contributed by atoms with van der Waals surface area (Å²) < 4.78 is 0. The van der Waals surface area contributed by atoms with Crippen LogP contribution in [0.15, 0.2) is 25.3 Å². The lowest BCUT2D eigenvalue weighted by Crippen LogP contribution is -2.51. The van der Waals surface area contributed by atoms with E-state index in [-0.39, 0.29) is 23.8 Å². The van der Waals surface area contributed by atoms with Gasteiger partial charge in [-0.2, -0.15) is 0 Å². The van der Waals surface area contributed by atoms with Gasteiger partial charge in [0.25, 0.3) is 5.91 Å². The average molecular weight is 361 g/mol. The van der Waals surface area contributed by atoms with Gasteiger partial charge < -0.3 is 10.2 Å². The van der Waals surface area contributed by atoms with Gasteiger partial charge in [-0.3, -0.25) is 14.5 Å². The molecule has 1 spiro atoms. The third kappa shape index (κ3) is 4.00. The lowest BCUT2D eigenvalue weighted by atomic mass is 9.67. The molecule has 2 fully saturated rings. The number of imide groups is 1. The van der Waals surface area contributed by atoms with E-state index in [2.05, 4.69) is 39.2 Å². The third-order valence-corrected chi connectivity index (χ3v) is 5.65. The van der Waals surface area contributed by atoms with Gasteiger partial charge in [0.15, 0.2) is 0 Å². The number of nitrogens with zero attached hydrogens (tertiary/aromatic N) is 2. The Morgan fingerprint density at radius 2 is 1.77 bits per heavy atom.